The van der Waals surface area contributed by atoms with Crippen molar-refractivity contribution >= 4 is 10.0 Å². The minimum absolute atomic E-state index is 0.0319. The van der Waals surface area contributed by atoms with Crippen molar-refractivity contribution in [1.29, 1.82) is 0 Å². The molecular weight excluding hydrogens is 349 g/mol. The molecule has 0 unspecified atom stereocenters. The van der Waals surface area contributed by atoms with Gasteiger partial charge < -0.3 is 9.26 Å². The van der Waals surface area contributed by atoms with Gasteiger partial charge in [0, 0.05) is 5.56 Å². The van der Waals surface area contributed by atoms with Gasteiger partial charge in [0.1, 0.15) is 16.5 Å². The van der Waals surface area contributed by atoms with E-state index in [9.17, 15) is 12.8 Å². The molecule has 1 N–H and O–H groups in total. The number of hydrogen-bond donors (Lipinski definition) is 1. The highest BCUT2D eigenvalue weighted by atomic mass is 32.2. The summed E-state index contributed by atoms with van der Waals surface area (Å²) in [7, 11) is -2.72. The quantitative estimate of drug-likeness (QED) is 0.722. The number of aromatic nitrogens is 2. The normalized spacial score (nSPS) is 11.4. The lowest BCUT2D eigenvalue weighted by Crippen LogP contribution is -2.24. The summed E-state index contributed by atoms with van der Waals surface area (Å²) in [4.78, 5) is 3.82. The van der Waals surface area contributed by atoms with Crippen molar-refractivity contribution in [2.45, 2.75) is 11.4 Å². The zero-order chi connectivity index (χ0) is 17.9. The molecule has 25 heavy (non-hydrogen) atoms. The molecule has 0 radical (unpaired) electrons. The Hall–Kier alpha value is -2.78. The third kappa shape index (κ3) is 3.83. The first-order valence-corrected chi connectivity index (χ1v) is 8.69. The summed E-state index contributed by atoms with van der Waals surface area (Å²) >= 11 is 0. The van der Waals surface area contributed by atoms with E-state index in [1.807, 2.05) is 18.2 Å². The zero-order valence-corrected chi connectivity index (χ0v) is 14.0. The number of benzene rings is 2. The molecule has 2 aromatic carbocycles. The summed E-state index contributed by atoms with van der Waals surface area (Å²) in [5.41, 5.74) is 0.743. The lowest BCUT2D eigenvalue weighted by Gasteiger charge is -2.09. The molecule has 1 heterocycles. The average Bonchev–Trinajstić information content (AvgIpc) is 3.10. The van der Waals surface area contributed by atoms with E-state index in [-0.39, 0.29) is 23.1 Å². The van der Waals surface area contributed by atoms with Crippen LogP contribution in [0.4, 0.5) is 4.39 Å². The predicted octanol–water partition coefficient (Wildman–Crippen LogP) is 2.36. The zero-order valence-electron chi connectivity index (χ0n) is 13.1. The van der Waals surface area contributed by atoms with E-state index in [2.05, 4.69) is 14.9 Å². The number of ether oxygens (including phenoxy) is 1. The van der Waals surface area contributed by atoms with Gasteiger partial charge in [-0.15, -0.1) is 0 Å². The Labute approximate surface area is 143 Å². The van der Waals surface area contributed by atoms with Gasteiger partial charge in [-0.05, 0) is 18.2 Å². The molecule has 0 amide bonds. The third-order valence-corrected chi connectivity index (χ3v) is 4.75. The van der Waals surface area contributed by atoms with Gasteiger partial charge in [-0.3, -0.25) is 0 Å². The maximum atomic E-state index is 13.4. The summed E-state index contributed by atoms with van der Waals surface area (Å²) in [5.74, 6) is -0.231. The number of sulfonamides is 1. The number of nitrogens with zero attached hydrogens (tertiary/aromatic N) is 2. The number of halogens is 1. The number of rotatable bonds is 6. The maximum absolute atomic E-state index is 13.4. The molecular formula is C16H14FN3O4S. The average molecular weight is 363 g/mol. The van der Waals surface area contributed by atoms with Crippen LogP contribution in [-0.2, 0) is 16.6 Å². The van der Waals surface area contributed by atoms with Crippen LogP contribution in [0.5, 0.6) is 5.75 Å². The second-order valence-corrected chi connectivity index (χ2v) is 6.73. The Kier molecular flexibility index (Phi) is 4.77. The lowest BCUT2D eigenvalue weighted by molar-refractivity contribution is 0.375. The van der Waals surface area contributed by atoms with E-state index in [1.54, 1.807) is 12.1 Å². The summed E-state index contributed by atoms with van der Waals surface area (Å²) < 4.78 is 50.4. The summed E-state index contributed by atoms with van der Waals surface area (Å²) in [6.45, 7) is -0.234. The highest BCUT2D eigenvalue weighted by molar-refractivity contribution is 7.89. The van der Waals surface area contributed by atoms with Crippen molar-refractivity contribution in [3.8, 4) is 17.1 Å². The van der Waals surface area contributed by atoms with Crippen LogP contribution in [0.1, 0.15) is 5.89 Å². The van der Waals surface area contributed by atoms with E-state index >= 15 is 0 Å². The van der Waals surface area contributed by atoms with Crippen LogP contribution < -0.4 is 9.46 Å². The van der Waals surface area contributed by atoms with Crippen molar-refractivity contribution < 1.29 is 22.1 Å². The highest BCUT2D eigenvalue weighted by Gasteiger charge is 2.21. The van der Waals surface area contributed by atoms with E-state index in [0.717, 1.165) is 17.7 Å². The Morgan fingerprint density at radius 2 is 1.96 bits per heavy atom. The molecule has 7 nitrogen and oxygen atoms in total. The first-order chi connectivity index (χ1) is 12.0. The van der Waals surface area contributed by atoms with Gasteiger partial charge in [-0.25, -0.2) is 17.5 Å². The van der Waals surface area contributed by atoms with Crippen LogP contribution in [0.2, 0.25) is 0 Å². The number of methoxy groups -OCH3 is 1. The molecule has 0 saturated heterocycles. The van der Waals surface area contributed by atoms with Crippen molar-refractivity contribution in [1.82, 2.24) is 14.9 Å². The largest absolute Gasteiger partial charge is 0.495 e. The molecule has 0 aliphatic heterocycles. The van der Waals surface area contributed by atoms with Crippen LogP contribution in [0, 0.1) is 5.82 Å². The van der Waals surface area contributed by atoms with Crippen molar-refractivity contribution in [3.63, 3.8) is 0 Å². The van der Waals surface area contributed by atoms with Gasteiger partial charge >= 0.3 is 0 Å². The minimum Gasteiger partial charge on any atom is -0.495 e. The molecule has 3 aromatic rings. The van der Waals surface area contributed by atoms with E-state index < -0.39 is 15.8 Å². The summed E-state index contributed by atoms with van der Waals surface area (Å²) in [5, 5.41) is 3.80. The fourth-order valence-electron chi connectivity index (χ4n) is 2.13. The van der Waals surface area contributed by atoms with Crippen LogP contribution in [0.15, 0.2) is 57.9 Å². The van der Waals surface area contributed by atoms with Gasteiger partial charge in [0.25, 0.3) is 0 Å². The molecule has 1 aromatic heterocycles. The molecule has 0 saturated carbocycles. The first-order valence-electron chi connectivity index (χ1n) is 7.21. The Balaban J connectivity index is 1.77. The van der Waals surface area contributed by atoms with Crippen LogP contribution >= 0.6 is 0 Å². The fourth-order valence-corrected chi connectivity index (χ4v) is 3.28. The van der Waals surface area contributed by atoms with Crippen molar-refractivity contribution in [2.24, 2.45) is 0 Å². The van der Waals surface area contributed by atoms with E-state index in [1.165, 1.54) is 13.2 Å². The molecule has 9 heteroatoms. The van der Waals surface area contributed by atoms with Crippen LogP contribution in [0.3, 0.4) is 0 Å². The molecule has 130 valence electrons. The maximum Gasteiger partial charge on any atom is 0.244 e. The van der Waals surface area contributed by atoms with Gasteiger partial charge in [-0.1, -0.05) is 35.5 Å². The predicted molar refractivity (Wildman–Crippen MR) is 86.7 cm³/mol. The molecule has 0 fully saturated rings. The Morgan fingerprint density at radius 1 is 1.20 bits per heavy atom. The molecule has 0 bridgehead atoms. The molecule has 3 rings (SSSR count). The summed E-state index contributed by atoms with van der Waals surface area (Å²) in [6, 6.07) is 12.3. The smallest absolute Gasteiger partial charge is 0.244 e. The second-order valence-electron chi connectivity index (χ2n) is 5.00. The second kappa shape index (κ2) is 6.99. The monoisotopic (exact) mass is 363 g/mol. The minimum atomic E-state index is -4.02. The first kappa shape index (κ1) is 17.1. The van der Waals surface area contributed by atoms with Crippen LogP contribution in [-0.4, -0.2) is 25.7 Å². The molecule has 0 atom stereocenters. The Bertz CT molecular complexity index is 974. The Morgan fingerprint density at radius 3 is 2.68 bits per heavy atom. The SMILES string of the molecule is COc1ccc(F)cc1S(=O)(=O)NCc1nc(-c2ccccc2)no1. The van der Waals surface area contributed by atoms with Crippen molar-refractivity contribution in [3.05, 3.63) is 60.2 Å². The van der Waals surface area contributed by atoms with Gasteiger partial charge in [0.2, 0.25) is 21.7 Å². The lowest BCUT2D eigenvalue weighted by atomic mass is 10.2. The van der Waals surface area contributed by atoms with Gasteiger partial charge in [0.15, 0.2) is 0 Å². The van der Waals surface area contributed by atoms with Crippen molar-refractivity contribution in [2.75, 3.05) is 7.11 Å². The molecule has 0 aliphatic rings. The third-order valence-electron chi connectivity index (χ3n) is 3.33. The highest BCUT2D eigenvalue weighted by Crippen LogP contribution is 2.24. The number of hydrogen-bond acceptors (Lipinski definition) is 6. The fraction of sp³-hybridized carbons (Fsp3) is 0.125. The summed E-state index contributed by atoms with van der Waals surface area (Å²) in [6.07, 6.45) is 0. The van der Waals surface area contributed by atoms with E-state index in [0.29, 0.717) is 5.82 Å². The molecule has 0 spiro atoms. The van der Waals surface area contributed by atoms with Gasteiger partial charge in [-0.2, -0.15) is 4.98 Å². The van der Waals surface area contributed by atoms with Gasteiger partial charge in [0.05, 0.1) is 13.7 Å². The standard InChI is InChI=1S/C16H14FN3O4S/c1-23-13-8-7-12(17)9-14(13)25(21,22)18-10-15-19-16(20-24-15)11-5-3-2-4-6-11/h2-9,18H,10H2,1H3. The van der Waals surface area contributed by atoms with E-state index in [4.69, 9.17) is 9.26 Å². The molecule has 0 aliphatic carbocycles. The number of nitrogens with one attached hydrogen (secondary N) is 1. The van der Waals surface area contributed by atoms with Crippen LogP contribution in [0.25, 0.3) is 11.4 Å². The topological polar surface area (TPSA) is 94.3 Å².